The highest BCUT2D eigenvalue weighted by Gasteiger charge is 2.30. The first-order valence-corrected chi connectivity index (χ1v) is 9.47. The van der Waals surface area contributed by atoms with Gasteiger partial charge in [0.25, 0.3) is 0 Å². The third-order valence-electron chi connectivity index (χ3n) is 3.26. The number of nitrogens with one attached hydrogen (secondary N) is 1. The van der Waals surface area contributed by atoms with Crippen LogP contribution in [0.25, 0.3) is 11.3 Å². The number of rotatable bonds is 5. The van der Waals surface area contributed by atoms with Gasteiger partial charge in [0.15, 0.2) is 0 Å². The summed E-state index contributed by atoms with van der Waals surface area (Å²) in [4.78, 5) is 15.9. The zero-order valence-electron chi connectivity index (χ0n) is 14.2. The van der Waals surface area contributed by atoms with Gasteiger partial charge in [0, 0.05) is 30.4 Å². The van der Waals surface area contributed by atoms with E-state index in [-0.39, 0.29) is 23.3 Å². The molecule has 8 nitrogen and oxygen atoms in total. The van der Waals surface area contributed by atoms with Crippen molar-refractivity contribution in [2.45, 2.75) is 6.18 Å². The number of hydrogen-bond acceptors (Lipinski definition) is 7. The van der Waals surface area contributed by atoms with Crippen molar-refractivity contribution >= 4 is 16.0 Å². The Morgan fingerprint density at radius 2 is 1.57 bits per heavy atom. The van der Waals surface area contributed by atoms with Crippen molar-refractivity contribution < 1.29 is 26.3 Å². The van der Waals surface area contributed by atoms with Crippen LogP contribution in [-0.4, -0.2) is 34.6 Å². The summed E-state index contributed by atoms with van der Waals surface area (Å²) in [6.45, 7) is 0. The lowest BCUT2D eigenvalue weighted by atomic mass is 10.2. The van der Waals surface area contributed by atoms with E-state index in [1.165, 1.54) is 24.8 Å². The van der Waals surface area contributed by atoms with E-state index in [2.05, 4.69) is 24.7 Å². The molecule has 1 aromatic carbocycles. The highest BCUT2D eigenvalue weighted by atomic mass is 32.2. The Balaban J connectivity index is 1.85. The summed E-state index contributed by atoms with van der Waals surface area (Å²) in [6.07, 6.45) is 1.87. The molecule has 0 unspecified atom stereocenters. The van der Waals surface area contributed by atoms with Crippen molar-refractivity contribution in [3.63, 3.8) is 0 Å². The molecule has 0 saturated carbocycles. The van der Waals surface area contributed by atoms with Gasteiger partial charge in [-0.3, -0.25) is 4.72 Å². The molecule has 0 saturated heterocycles. The fraction of sp³-hybridized carbons (Fsp3) is 0.125. The van der Waals surface area contributed by atoms with E-state index in [1.807, 2.05) is 0 Å². The van der Waals surface area contributed by atoms with Crippen molar-refractivity contribution in [1.29, 1.82) is 0 Å². The van der Waals surface area contributed by atoms with E-state index >= 15 is 0 Å². The van der Waals surface area contributed by atoms with Crippen LogP contribution in [0.3, 0.4) is 0 Å². The SMILES string of the molecule is CS(=O)(=O)Nc1ncc(-c2nccnc2Oc2ccc(C(F)(F)F)cc2)cn1. The quantitative estimate of drug-likeness (QED) is 0.687. The topological polar surface area (TPSA) is 107 Å². The minimum atomic E-state index is -4.45. The summed E-state index contributed by atoms with van der Waals surface area (Å²) in [6, 6.07) is 4.11. The van der Waals surface area contributed by atoms with Crippen molar-refractivity contribution in [3.05, 3.63) is 54.6 Å². The molecule has 0 bridgehead atoms. The molecule has 0 amide bonds. The number of ether oxygens (including phenoxy) is 1. The third kappa shape index (κ3) is 4.91. The predicted octanol–water partition coefficient (Wildman–Crippen LogP) is 3.12. The molecule has 0 atom stereocenters. The molecule has 2 aromatic heterocycles. The van der Waals surface area contributed by atoms with Crippen LogP contribution in [0.4, 0.5) is 19.1 Å². The fourth-order valence-corrected chi connectivity index (χ4v) is 2.53. The van der Waals surface area contributed by atoms with Gasteiger partial charge in [0.05, 0.1) is 11.8 Å². The Hall–Kier alpha value is -3.28. The molecule has 0 aliphatic heterocycles. The standard InChI is InChI=1S/C16H12F3N5O3S/c1-28(25,26)24-15-22-8-10(9-23-15)13-14(21-7-6-20-13)27-12-4-2-11(3-5-12)16(17,18)19/h2-9H,1H3,(H,22,23,24). The molecule has 0 spiro atoms. The van der Waals surface area contributed by atoms with Gasteiger partial charge in [-0.2, -0.15) is 13.2 Å². The third-order valence-corrected chi connectivity index (χ3v) is 3.82. The van der Waals surface area contributed by atoms with Gasteiger partial charge >= 0.3 is 6.18 Å². The Morgan fingerprint density at radius 1 is 0.964 bits per heavy atom. The van der Waals surface area contributed by atoms with E-state index < -0.39 is 21.8 Å². The van der Waals surface area contributed by atoms with Crippen molar-refractivity contribution in [2.24, 2.45) is 0 Å². The molecule has 0 aliphatic rings. The van der Waals surface area contributed by atoms with Crippen LogP contribution < -0.4 is 9.46 Å². The summed E-state index contributed by atoms with van der Waals surface area (Å²) in [5.74, 6) is 0.0288. The molecule has 0 fully saturated rings. The van der Waals surface area contributed by atoms with Crippen LogP contribution in [0.2, 0.25) is 0 Å². The number of halogens is 3. The van der Waals surface area contributed by atoms with Gasteiger partial charge in [-0.1, -0.05) is 0 Å². The maximum absolute atomic E-state index is 12.6. The molecule has 2 heterocycles. The number of nitrogens with zero attached hydrogens (tertiary/aromatic N) is 4. The van der Waals surface area contributed by atoms with Gasteiger partial charge in [0.1, 0.15) is 11.4 Å². The second kappa shape index (κ2) is 7.38. The van der Waals surface area contributed by atoms with Crippen molar-refractivity contribution in [2.75, 3.05) is 11.0 Å². The highest BCUT2D eigenvalue weighted by Crippen LogP contribution is 2.33. The molecule has 0 radical (unpaired) electrons. The van der Waals surface area contributed by atoms with E-state index in [4.69, 9.17) is 4.74 Å². The van der Waals surface area contributed by atoms with Gasteiger partial charge in [-0.15, -0.1) is 0 Å². The first kappa shape index (κ1) is 19.5. The number of anilines is 1. The molecule has 0 aliphatic carbocycles. The summed E-state index contributed by atoms with van der Waals surface area (Å²) < 4.78 is 68.0. The second-order valence-electron chi connectivity index (χ2n) is 5.50. The number of hydrogen-bond donors (Lipinski definition) is 1. The van der Waals surface area contributed by atoms with Gasteiger partial charge in [-0.25, -0.2) is 28.4 Å². The van der Waals surface area contributed by atoms with Gasteiger partial charge < -0.3 is 4.74 Å². The minimum Gasteiger partial charge on any atom is -0.437 e. The van der Waals surface area contributed by atoms with Crippen molar-refractivity contribution in [1.82, 2.24) is 19.9 Å². The molecular formula is C16H12F3N5O3S. The average Bonchev–Trinajstić information content (AvgIpc) is 2.61. The Bertz CT molecular complexity index is 1070. The van der Waals surface area contributed by atoms with Crippen LogP contribution >= 0.6 is 0 Å². The zero-order chi connectivity index (χ0) is 20.4. The second-order valence-corrected chi connectivity index (χ2v) is 7.25. The number of alkyl halides is 3. The zero-order valence-corrected chi connectivity index (χ0v) is 15.0. The smallest absolute Gasteiger partial charge is 0.416 e. The van der Waals surface area contributed by atoms with Crippen LogP contribution in [0.15, 0.2) is 49.1 Å². The fourth-order valence-electron chi connectivity index (χ4n) is 2.09. The molecule has 28 heavy (non-hydrogen) atoms. The highest BCUT2D eigenvalue weighted by molar-refractivity contribution is 7.91. The lowest BCUT2D eigenvalue weighted by molar-refractivity contribution is -0.137. The average molecular weight is 411 g/mol. The lowest BCUT2D eigenvalue weighted by Gasteiger charge is -2.10. The molecule has 3 rings (SSSR count). The summed E-state index contributed by atoms with van der Waals surface area (Å²) >= 11 is 0. The first-order valence-electron chi connectivity index (χ1n) is 7.58. The number of aromatic nitrogens is 4. The molecule has 12 heteroatoms. The Morgan fingerprint density at radius 3 is 2.14 bits per heavy atom. The van der Waals surface area contributed by atoms with Crippen LogP contribution in [-0.2, 0) is 16.2 Å². The summed E-state index contributed by atoms with van der Waals surface area (Å²) in [7, 11) is -3.53. The van der Waals surface area contributed by atoms with Crippen LogP contribution in [0, 0.1) is 0 Å². The van der Waals surface area contributed by atoms with E-state index in [0.717, 1.165) is 30.5 Å². The van der Waals surface area contributed by atoms with E-state index in [1.54, 1.807) is 0 Å². The maximum Gasteiger partial charge on any atom is 0.416 e. The monoisotopic (exact) mass is 411 g/mol. The summed E-state index contributed by atoms with van der Waals surface area (Å²) in [5, 5.41) is 0. The largest absolute Gasteiger partial charge is 0.437 e. The number of sulfonamides is 1. The Kier molecular flexibility index (Phi) is 5.14. The van der Waals surface area contributed by atoms with Crippen LogP contribution in [0.5, 0.6) is 11.6 Å². The molecule has 1 N–H and O–H groups in total. The van der Waals surface area contributed by atoms with Crippen molar-refractivity contribution in [3.8, 4) is 22.9 Å². The van der Waals surface area contributed by atoms with Crippen LogP contribution in [0.1, 0.15) is 5.56 Å². The summed E-state index contributed by atoms with van der Waals surface area (Å²) in [5.41, 5.74) is -0.205. The van der Waals surface area contributed by atoms with E-state index in [0.29, 0.717) is 5.56 Å². The van der Waals surface area contributed by atoms with Gasteiger partial charge in [0.2, 0.25) is 21.9 Å². The first-order chi connectivity index (χ1) is 13.1. The minimum absolute atomic E-state index is 0.0229. The van der Waals surface area contributed by atoms with E-state index in [9.17, 15) is 21.6 Å². The Labute approximate surface area is 157 Å². The molecule has 3 aromatic rings. The maximum atomic E-state index is 12.6. The molecular weight excluding hydrogens is 399 g/mol. The number of benzene rings is 1. The lowest BCUT2D eigenvalue weighted by Crippen LogP contribution is -2.12. The van der Waals surface area contributed by atoms with Gasteiger partial charge in [-0.05, 0) is 24.3 Å². The predicted molar refractivity (Wildman–Crippen MR) is 93.0 cm³/mol. The normalized spacial score (nSPS) is 11.9. The molecule has 146 valence electrons.